The topological polar surface area (TPSA) is 106 Å². The molecule has 106 valence electrons. The second-order valence-corrected chi connectivity index (χ2v) is 3.55. The first kappa shape index (κ1) is 15.4. The predicted molar refractivity (Wildman–Crippen MR) is 60.9 cm³/mol. The molecule has 7 nitrogen and oxygen atoms in total. The Labute approximate surface area is 111 Å². The summed E-state index contributed by atoms with van der Waals surface area (Å²) in [6.07, 6.45) is -3.64. The Kier molecular flexibility index (Phi) is 5.02. The van der Waals surface area contributed by atoms with E-state index in [0.29, 0.717) is 0 Å². The first-order chi connectivity index (χ1) is 9.40. The van der Waals surface area contributed by atoms with Gasteiger partial charge in [0.2, 0.25) is 5.69 Å². The molecule has 0 bridgehead atoms. The SMILES string of the molecule is CCOC(=O)Cc1c(C#N)cc(C(F)F)nc1[N+](=O)[O-]. The molecule has 1 aromatic rings. The van der Waals surface area contributed by atoms with Gasteiger partial charge in [0.25, 0.3) is 0 Å². The summed E-state index contributed by atoms with van der Waals surface area (Å²) >= 11 is 0. The van der Waals surface area contributed by atoms with Gasteiger partial charge in [-0.15, -0.1) is 0 Å². The van der Waals surface area contributed by atoms with E-state index in [2.05, 4.69) is 9.72 Å². The molecule has 1 heterocycles. The minimum absolute atomic E-state index is 0.0526. The summed E-state index contributed by atoms with van der Waals surface area (Å²) in [7, 11) is 0. The summed E-state index contributed by atoms with van der Waals surface area (Å²) in [4.78, 5) is 24.4. The standard InChI is InChI=1S/C11H9F2N3O4/c1-2-20-9(17)4-7-6(5-14)3-8(10(12)13)15-11(7)16(18)19/h3,10H,2,4H2,1H3. The molecule has 1 aromatic heterocycles. The maximum Gasteiger partial charge on any atom is 0.369 e. The Morgan fingerprint density at radius 2 is 2.30 bits per heavy atom. The largest absolute Gasteiger partial charge is 0.466 e. The summed E-state index contributed by atoms with van der Waals surface area (Å²) in [6.45, 7) is 1.59. The molecule has 0 aromatic carbocycles. The molecule has 0 aliphatic rings. The molecular formula is C11H9F2N3O4. The van der Waals surface area contributed by atoms with Crippen molar-refractivity contribution in [2.24, 2.45) is 0 Å². The third-order valence-corrected chi connectivity index (χ3v) is 2.27. The smallest absolute Gasteiger partial charge is 0.369 e. The second-order valence-electron chi connectivity index (χ2n) is 3.55. The van der Waals surface area contributed by atoms with E-state index in [1.165, 1.54) is 6.92 Å². The number of aromatic nitrogens is 1. The number of nitro groups is 1. The number of carbonyl (C=O) groups is 1. The van der Waals surface area contributed by atoms with Crippen molar-refractivity contribution in [3.05, 3.63) is 33.0 Å². The van der Waals surface area contributed by atoms with Gasteiger partial charge in [-0.25, -0.2) is 8.78 Å². The molecule has 20 heavy (non-hydrogen) atoms. The van der Waals surface area contributed by atoms with E-state index in [4.69, 9.17) is 5.26 Å². The highest BCUT2D eigenvalue weighted by Crippen LogP contribution is 2.26. The Morgan fingerprint density at radius 1 is 1.65 bits per heavy atom. The van der Waals surface area contributed by atoms with Gasteiger partial charge in [-0.05, 0) is 16.8 Å². The van der Waals surface area contributed by atoms with Crippen LogP contribution in [0.2, 0.25) is 0 Å². The van der Waals surface area contributed by atoms with Crippen molar-refractivity contribution in [1.29, 1.82) is 5.26 Å². The number of halogens is 2. The number of hydrogen-bond acceptors (Lipinski definition) is 6. The summed E-state index contributed by atoms with van der Waals surface area (Å²) in [6, 6.07) is 2.28. The van der Waals surface area contributed by atoms with Crippen molar-refractivity contribution < 1.29 is 23.2 Å². The first-order valence-corrected chi connectivity index (χ1v) is 5.42. The third-order valence-electron chi connectivity index (χ3n) is 2.27. The lowest BCUT2D eigenvalue weighted by Crippen LogP contribution is -2.12. The fraction of sp³-hybridized carbons (Fsp3) is 0.364. The molecule has 0 atom stereocenters. The molecule has 0 spiro atoms. The minimum Gasteiger partial charge on any atom is -0.466 e. The molecule has 9 heteroatoms. The van der Waals surface area contributed by atoms with Crippen LogP contribution in [0, 0.1) is 21.4 Å². The van der Waals surface area contributed by atoms with Gasteiger partial charge in [0.15, 0.2) is 0 Å². The highest BCUT2D eigenvalue weighted by molar-refractivity contribution is 5.75. The molecule has 0 unspecified atom stereocenters. The molecule has 0 N–H and O–H groups in total. The van der Waals surface area contributed by atoms with Crippen LogP contribution in [0.5, 0.6) is 0 Å². The molecule has 0 amide bonds. The summed E-state index contributed by atoms with van der Waals surface area (Å²) < 4.78 is 29.7. The van der Waals surface area contributed by atoms with E-state index in [1.807, 2.05) is 0 Å². The van der Waals surface area contributed by atoms with Crippen LogP contribution in [0.4, 0.5) is 14.6 Å². The van der Waals surface area contributed by atoms with E-state index >= 15 is 0 Å². The van der Waals surface area contributed by atoms with Crippen LogP contribution >= 0.6 is 0 Å². The zero-order valence-electron chi connectivity index (χ0n) is 10.3. The lowest BCUT2D eigenvalue weighted by Gasteiger charge is -2.06. The van der Waals surface area contributed by atoms with Crippen molar-refractivity contribution >= 4 is 11.8 Å². The molecule has 0 saturated carbocycles. The first-order valence-electron chi connectivity index (χ1n) is 5.42. The Hall–Kier alpha value is -2.63. The molecule has 0 aliphatic heterocycles. The van der Waals surface area contributed by atoms with E-state index in [9.17, 15) is 23.7 Å². The number of carbonyl (C=O) groups excluding carboxylic acids is 1. The van der Waals surface area contributed by atoms with Crippen LogP contribution in [-0.4, -0.2) is 22.5 Å². The number of hydrogen-bond donors (Lipinski definition) is 0. The molecular weight excluding hydrogens is 276 g/mol. The van der Waals surface area contributed by atoms with Gasteiger partial charge < -0.3 is 14.9 Å². The lowest BCUT2D eigenvalue weighted by atomic mass is 10.1. The van der Waals surface area contributed by atoms with E-state index in [0.717, 1.165) is 6.07 Å². The van der Waals surface area contributed by atoms with Crippen LogP contribution in [-0.2, 0) is 16.0 Å². The van der Waals surface area contributed by atoms with Gasteiger partial charge >= 0.3 is 18.2 Å². The van der Waals surface area contributed by atoms with E-state index < -0.39 is 40.8 Å². The number of pyridine rings is 1. The number of nitriles is 1. The molecule has 1 rings (SSSR count). The van der Waals surface area contributed by atoms with Crippen molar-refractivity contribution in [2.75, 3.05) is 6.61 Å². The molecule has 0 aliphatic carbocycles. The average Bonchev–Trinajstić information content (AvgIpc) is 2.38. The third kappa shape index (κ3) is 3.44. The Bertz CT molecular complexity index is 584. The quantitative estimate of drug-likeness (QED) is 0.464. The fourth-order valence-electron chi connectivity index (χ4n) is 1.47. The Morgan fingerprint density at radius 3 is 2.75 bits per heavy atom. The van der Waals surface area contributed by atoms with Crippen LogP contribution in [0.25, 0.3) is 0 Å². The molecule has 0 saturated heterocycles. The number of alkyl halides is 2. The molecule has 0 fully saturated rings. The van der Waals surface area contributed by atoms with Gasteiger partial charge in [0, 0.05) is 6.07 Å². The van der Waals surface area contributed by atoms with Crippen LogP contribution < -0.4 is 0 Å². The van der Waals surface area contributed by atoms with Gasteiger partial charge in [-0.3, -0.25) is 4.79 Å². The lowest BCUT2D eigenvalue weighted by molar-refractivity contribution is -0.390. The molecule has 0 radical (unpaired) electrons. The van der Waals surface area contributed by atoms with Crippen molar-refractivity contribution in [3.63, 3.8) is 0 Å². The summed E-state index contributed by atoms with van der Waals surface area (Å²) in [5, 5.41) is 19.7. The minimum atomic E-state index is -3.06. The van der Waals surface area contributed by atoms with Crippen LogP contribution in [0.3, 0.4) is 0 Å². The number of ether oxygens (including phenoxy) is 1. The number of esters is 1. The van der Waals surface area contributed by atoms with Crippen molar-refractivity contribution in [2.45, 2.75) is 19.8 Å². The number of rotatable bonds is 5. The van der Waals surface area contributed by atoms with Gasteiger partial charge in [0.1, 0.15) is 0 Å². The maximum absolute atomic E-state index is 12.6. The zero-order chi connectivity index (χ0) is 15.3. The van der Waals surface area contributed by atoms with Crippen LogP contribution in [0.15, 0.2) is 6.07 Å². The average molecular weight is 285 g/mol. The van der Waals surface area contributed by atoms with Gasteiger partial charge in [0.05, 0.1) is 30.2 Å². The summed E-state index contributed by atoms with van der Waals surface area (Å²) in [5.41, 5.74) is -1.61. The fourth-order valence-corrected chi connectivity index (χ4v) is 1.47. The highest BCUT2D eigenvalue weighted by atomic mass is 19.3. The summed E-state index contributed by atoms with van der Waals surface area (Å²) in [5.74, 6) is -1.74. The van der Waals surface area contributed by atoms with Crippen molar-refractivity contribution in [3.8, 4) is 6.07 Å². The van der Waals surface area contributed by atoms with E-state index in [1.54, 1.807) is 6.07 Å². The van der Waals surface area contributed by atoms with Crippen LogP contribution in [0.1, 0.15) is 30.2 Å². The van der Waals surface area contributed by atoms with Crippen molar-refractivity contribution in [1.82, 2.24) is 4.98 Å². The normalized spacial score (nSPS) is 10.2. The maximum atomic E-state index is 12.6. The highest BCUT2D eigenvalue weighted by Gasteiger charge is 2.28. The number of nitrogens with zero attached hydrogens (tertiary/aromatic N) is 3. The zero-order valence-corrected chi connectivity index (χ0v) is 10.3. The predicted octanol–water partition coefficient (Wildman–Crippen LogP) is 1.90. The van der Waals surface area contributed by atoms with Gasteiger partial charge in [-0.1, -0.05) is 0 Å². The monoisotopic (exact) mass is 285 g/mol. The second kappa shape index (κ2) is 6.51. The van der Waals surface area contributed by atoms with Gasteiger partial charge in [-0.2, -0.15) is 5.26 Å². The Balaban J connectivity index is 3.36. The van der Waals surface area contributed by atoms with E-state index in [-0.39, 0.29) is 12.2 Å².